The van der Waals surface area contributed by atoms with Gasteiger partial charge >= 0.3 is 0 Å². The molecule has 0 aromatic heterocycles. The van der Waals surface area contributed by atoms with Crippen LogP contribution in [0.5, 0.6) is 0 Å². The third-order valence-corrected chi connectivity index (χ3v) is 5.22. The number of hydrogen-bond donors (Lipinski definition) is 0. The molecule has 1 fully saturated rings. The lowest BCUT2D eigenvalue weighted by Gasteiger charge is -2.29. The van der Waals surface area contributed by atoms with E-state index in [-0.39, 0.29) is 23.0 Å². The molecule has 27 heavy (non-hydrogen) atoms. The molecule has 0 atom stereocenters. The van der Waals surface area contributed by atoms with Gasteiger partial charge in [0.15, 0.2) is 0 Å². The van der Waals surface area contributed by atoms with E-state index in [0.717, 1.165) is 49.3 Å². The lowest BCUT2D eigenvalue weighted by atomic mass is 10.1. The second kappa shape index (κ2) is 10.2. The third-order valence-electron chi connectivity index (χ3n) is 3.95. The molecule has 1 aliphatic rings. The summed E-state index contributed by atoms with van der Waals surface area (Å²) in [7, 11) is -3.89. The van der Waals surface area contributed by atoms with Crippen LogP contribution in [0.2, 0.25) is 0 Å². The van der Waals surface area contributed by atoms with Gasteiger partial charge < -0.3 is 4.90 Å². The summed E-state index contributed by atoms with van der Waals surface area (Å²) in [6.45, 7) is 5.86. The Balaban J connectivity index is 0.00000364. The molecule has 9 heteroatoms. The number of likely N-dealkylation sites (tertiary alicyclic amines) is 1. The quantitative estimate of drug-likeness (QED) is 0.303. The minimum atomic E-state index is -3.89. The Hall–Kier alpha value is -2.19. The summed E-state index contributed by atoms with van der Waals surface area (Å²) in [6, 6.07) is 4.69. The molecule has 1 aromatic rings. The number of rotatable bonds is 6. The van der Waals surface area contributed by atoms with Gasteiger partial charge in [0, 0.05) is 37.1 Å². The van der Waals surface area contributed by atoms with Crippen molar-refractivity contribution in [3.63, 3.8) is 0 Å². The number of hydrogen-bond acceptors (Lipinski definition) is 5. The van der Waals surface area contributed by atoms with Gasteiger partial charge in [0.1, 0.15) is 0 Å². The SMILES string of the molecule is CC(C)=CC(=CC=NS(=O)(=O)c1ccc([N+](=O)[O-])cc1)N1CCCCC1.Cl. The van der Waals surface area contributed by atoms with Crippen LogP contribution >= 0.6 is 12.4 Å². The zero-order valence-corrected chi connectivity index (χ0v) is 17.0. The summed E-state index contributed by atoms with van der Waals surface area (Å²) < 4.78 is 28.2. The van der Waals surface area contributed by atoms with E-state index in [0.29, 0.717) is 0 Å². The van der Waals surface area contributed by atoms with Crippen molar-refractivity contribution >= 4 is 34.3 Å². The Morgan fingerprint density at radius 3 is 2.26 bits per heavy atom. The molecule has 1 saturated heterocycles. The van der Waals surface area contributed by atoms with Crippen LogP contribution in [0.25, 0.3) is 0 Å². The highest BCUT2D eigenvalue weighted by atomic mass is 35.5. The number of halogens is 1. The van der Waals surface area contributed by atoms with Crippen molar-refractivity contribution in [2.75, 3.05) is 13.1 Å². The first-order chi connectivity index (χ1) is 12.3. The van der Waals surface area contributed by atoms with E-state index in [1.54, 1.807) is 6.08 Å². The molecular formula is C18H24ClN3O4S. The molecule has 0 spiro atoms. The Morgan fingerprint density at radius 2 is 1.74 bits per heavy atom. The minimum absolute atomic E-state index is 0. The van der Waals surface area contributed by atoms with Gasteiger partial charge in [-0.2, -0.15) is 12.8 Å². The fourth-order valence-corrected chi connectivity index (χ4v) is 3.50. The first kappa shape index (κ1) is 22.9. The monoisotopic (exact) mass is 413 g/mol. The number of allylic oxidation sites excluding steroid dienone is 3. The zero-order valence-electron chi connectivity index (χ0n) is 15.4. The average Bonchev–Trinajstić information content (AvgIpc) is 2.61. The van der Waals surface area contributed by atoms with Crippen LogP contribution in [0, 0.1) is 10.1 Å². The second-order valence-corrected chi connectivity index (χ2v) is 7.97. The molecule has 0 radical (unpaired) electrons. The summed E-state index contributed by atoms with van der Waals surface area (Å²) in [5.74, 6) is 0. The van der Waals surface area contributed by atoms with Gasteiger partial charge in [-0.1, -0.05) is 5.57 Å². The van der Waals surface area contributed by atoms with Crippen LogP contribution in [0.15, 0.2) is 57.0 Å². The van der Waals surface area contributed by atoms with Crippen LogP contribution < -0.4 is 0 Å². The predicted molar refractivity (Wildman–Crippen MR) is 109 cm³/mol. The van der Waals surface area contributed by atoms with Gasteiger partial charge in [0.2, 0.25) is 0 Å². The molecule has 1 aromatic carbocycles. The summed E-state index contributed by atoms with van der Waals surface area (Å²) in [5, 5.41) is 10.7. The molecule has 0 saturated carbocycles. The van der Waals surface area contributed by atoms with Crippen molar-refractivity contribution in [3.8, 4) is 0 Å². The van der Waals surface area contributed by atoms with E-state index < -0.39 is 14.9 Å². The topological polar surface area (TPSA) is 92.9 Å². The normalized spacial score (nSPS) is 15.3. The number of nitrogens with zero attached hydrogens (tertiary/aromatic N) is 3. The van der Waals surface area contributed by atoms with Crippen molar-refractivity contribution in [1.29, 1.82) is 0 Å². The van der Waals surface area contributed by atoms with Gasteiger partial charge in [0.25, 0.3) is 15.7 Å². The van der Waals surface area contributed by atoms with Crippen LogP contribution in [-0.4, -0.2) is 37.5 Å². The van der Waals surface area contributed by atoms with Crippen molar-refractivity contribution in [3.05, 3.63) is 57.8 Å². The third kappa shape index (κ3) is 6.80. The molecule has 0 unspecified atom stereocenters. The van der Waals surface area contributed by atoms with Gasteiger partial charge in [-0.05, 0) is 57.4 Å². The Bertz CT molecular complexity index is 836. The Labute approximate surface area is 166 Å². The van der Waals surface area contributed by atoms with E-state index in [9.17, 15) is 18.5 Å². The van der Waals surface area contributed by atoms with E-state index in [4.69, 9.17) is 0 Å². The summed E-state index contributed by atoms with van der Waals surface area (Å²) >= 11 is 0. The molecular weight excluding hydrogens is 390 g/mol. The first-order valence-corrected chi connectivity index (χ1v) is 9.88. The second-order valence-electron chi connectivity index (χ2n) is 6.34. The number of nitro benzene ring substituents is 1. The predicted octanol–water partition coefficient (Wildman–Crippen LogP) is 4.11. The fraction of sp³-hybridized carbons (Fsp3) is 0.389. The van der Waals surface area contributed by atoms with Gasteiger partial charge in [-0.3, -0.25) is 10.1 Å². The maximum atomic E-state index is 12.3. The molecule has 7 nitrogen and oxygen atoms in total. The number of nitro groups is 1. The van der Waals surface area contributed by atoms with E-state index in [1.165, 1.54) is 24.8 Å². The highest BCUT2D eigenvalue weighted by molar-refractivity contribution is 7.90. The summed E-state index contributed by atoms with van der Waals surface area (Å²) in [4.78, 5) is 12.2. The average molecular weight is 414 g/mol. The smallest absolute Gasteiger partial charge is 0.282 e. The van der Waals surface area contributed by atoms with Crippen molar-refractivity contribution < 1.29 is 13.3 Å². The number of non-ortho nitro benzene ring substituents is 1. The van der Waals surface area contributed by atoms with Gasteiger partial charge in [-0.15, -0.1) is 12.4 Å². The van der Waals surface area contributed by atoms with Crippen LogP contribution in [0.1, 0.15) is 33.1 Å². The minimum Gasteiger partial charge on any atom is -0.371 e. The number of sulfonamides is 1. The number of piperidine rings is 1. The maximum absolute atomic E-state index is 12.3. The molecule has 0 N–H and O–H groups in total. The molecule has 0 aliphatic carbocycles. The van der Waals surface area contributed by atoms with E-state index >= 15 is 0 Å². The lowest BCUT2D eigenvalue weighted by Crippen LogP contribution is -2.28. The molecule has 1 heterocycles. The Morgan fingerprint density at radius 1 is 1.15 bits per heavy atom. The van der Waals surface area contributed by atoms with E-state index in [2.05, 4.69) is 9.30 Å². The largest absolute Gasteiger partial charge is 0.371 e. The van der Waals surface area contributed by atoms with Crippen molar-refractivity contribution in [1.82, 2.24) is 4.90 Å². The zero-order chi connectivity index (χ0) is 19.2. The maximum Gasteiger partial charge on any atom is 0.282 e. The van der Waals surface area contributed by atoms with E-state index in [1.807, 2.05) is 19.9 Å². The standard InChI is InChI=1S/C18H23N3O4S.ClH/c1-15(2)14-17(20-12-4-3-5-13-20)10-11-19-26(24,25)18-8-6-16(7-9-18)21(22)23;/h6-11,14H,3-5,12-13H2,1-2H3;1H. The number of benzene rings is 1. The van der Waals surface area contributed by atoms with Crippen LogP contribution in [0.3, 0.4) is 0 Å². The summed E-state index contributed by atoms with van der Waals surface area (Å²) in [5.41, 5.74) is 1.89. The fourth-order valence-electron chi connectivity index (χ4n) is 2.68. The molecule has 0 bridgehead atoms. The highest BCUT2D eigenvalue weighted by Crippen LogP contribution is 2.19. The molecule has 148 valence electrons. The van der Waals surface area contributed by atoms with Crippen LogP contribution in [-0.2, 0) is 10.0 Å². The molecule has 1 aliphatic heterocycles. The van der Waals surface area contributed by atoms with Crippen LogP contribution in [0.4, 0.5) is 5.69 Å². The molecule has 2 rings (SSSR count). The van der Waals surface area contributed by atoms with Crippen molar-refractivity contribution in [2.45, 2.75) is 38.0 Å². The van der Waals surface area contributed by atoms with Gasteiger partial charge in [0.05, 0.1) is 9.82 Å². The van der Waals surface area contributed by atoms with Crippen molar-refractivity contribution in [2.24, 2.45) is 4.40 Å². The highest BCUT2D eigenvalue weighted by Gasteiger charge is 2.14. The first-order valence-electron chi connectivity index (χ1n) is 8.44. The molecule has 0 amide bonds. The lowest BCUT2D eigenvalue weighted by molar-refractivity contribution is -0.384. The van der Waals surface area contributed by atoms with Gasteiger partial charge in [-0.25, -0.2) is 0 Å². The summed E-state index contributed by atoms with van der Waals surface area (Å²) in [6.07, 6.45) is 8.43. The Kier molecular flexibility index (Phi) is 8.65.